The summed E-state index contributed by atoms with van der Waals surface area (Å²) in [7, 11) is 1.62. The molecule has 0 bridgehead atoms. The van der Waals surface area contributed by atoms with Crippen LogP contribution in [-0.4, -0.2) is 29.5 Å². The molecule has 140 valence electrons. The fourth-order valence-electron chi connectivity index (χ4n) is 2.56. The lowest BCUT2D eigenvalue weighted by Gasteiger charge is -2.08. The number of ether oxygens (including phenoxy) is 1. The van der Waals surface area contributed by atoms with E-state index in [1.807, 2.05) is 30.3 Å². The van der Waals surface area contributed by atoms with Gasteiger partial charge in [0, 0.05) is 12.2 Å². The van der Waals surface area contributed by atoms with Crippen molar-refractivity contribution in [3.05, 3.63) is 77.7 Å². The number of hydrogen-bond donors (Lipinski definition) is 2. The summed E-state index contributed by atoms with van der Waals surface area (Å²) in [5.74, 6) is 0.995. The fourth-order valence-corrected chi connectivity index (χ4v) is 2.56. The Kier molecular flexibility index (Phi) is 6.16. The van der Waals surface area contributed by atoms with Crippen molar-refractivity contribution in [2.24, 2.45) is 0 Å². The summed E-state index contributed by atoms with van der Waals surface area (Å²) in [5, 5.41) is 14.8. The van der Waals surface area contributed by atoms with Gasteiger partial charge in [-0.3, -0.25) is 4.79 Å². The summed E-state index contributed by atoms with van der Waals surface area (Å²) in [4.78, 5) is 20.6. The minimum atomic E-state index is -0.284. The van der Waals surface area contributed by atoms with Crippen molar-refractivity contribution in [1.29, 1.82) is 5.26 Å². The van der Waals surface area contributed by atoms with E-state index in [-0.39, 0.29) is 11.6 Å². The van der Waals surface area contributed by atoms with E-state index >= 15 is 0 Å². The summed E-state index contributed by atoms with van der Waals surface area (Å²) in [5.41, 5.74) is 2.58. The van der Waals surface area contributed by atoms with Crippen LogP contribution in [0.4, 0.5) is 11.5 Å². The van der Waals surface area contributed by atoms with Gasteiger partial charge in [-0.05, 0) is 42.3 Å². The van der Waals surface area contributed by atoms with Gasteiger partial charge in [-0.2, -0.15) is 5.26 Å². The zero-order chi connectivity index (χ0) is 19.8. The van der Waals surface area contributed by atoms with Crippen LogP contribution in [0.3, 0.4) is 0 Å². The Morgan fingerprint density at radius 1 is 1.14 bits per heavy atom. The Hall–Kier alpha value is -3.92. The number of carbonyl (C=O) groups excluding carboxylic acids is 1. The molecule has 0 aliphatic carbocycles. The highest BCUT2D eigenvalue weighted by Crippen LogP contribution is 2.15. The van der Waals surface area contributed by atoms with Crippen LogP contribution < -0.4 is 15.4 Å². The lowest BCUT2D eigenvalue weighted by atomic mass is 10.1. The van der Waals surface area contributed by atoms with Crippen molar-refractivity contribution in [3.8, 4) is 11.8 Å². The van der Waals surface area contributed by atoms with Gasteiger partial charge in [0.25, 0.3) is 5.91 Å². The average Bonchev–Trinajstić information content (AvgIpc) is 2.74. The molecule has 0 radical (unpaired) electrons. The second-order valence-corrected chi connectivity index (χ2v) is 5.96. The Labute approximate surface area is 163 Å². The van der Waals surface area contributed by atoms with Crippen LogP contribution >= 0.6 is 0 Å². The van der Waals surface area contributed by atoms with Crippen LogP contribution in [0.1, 0.15) is 21.6 Å². The Bertz CT molecular complexity index is 996. The number of hydrogen-bond acceptors (Lipinski definition) is 6. The molecule has 0 atom stereocenters. The van der Waals surface area contributed by atoms with E-state index in [9.17, 15) is 4.79 Å². The van der Waals surface area contributed by atoms with E-state index in [4.69, 9.17) is 10.00 Å². The number of aromatic nitrogens is 2. The van der Waals surface area contributed by atoms with E-state index in [0.29, 0.717) is 24.3 Å². The highest BCUT2D eigenvalue weighted by molar-refractivity contribution is 5.92. The van der Waals surface area contributed by atoms with Crippen LogP contribution in [0.25, 0.3) is 0 Å². The maximum absolute atomic E-state index is 12.2. The molecule has 2 N–H and O–H groups in total. The molecular weight excluding hydrogens is 354 g/mol. The van der Waals surface area contributed by atoms with Gasteiger partial charge in [0.05, 0.1) is 31.1 Å². The van der Waals surface area contributed by atoms with Gasteiger partial charge in [0.1, 0.15) is 17.3 Å². The van der Waals surface area contributed by atoms with Crippen LogP contribution in [-0.2, 0) is 6.42 Å². The molecule has 28 heavy (non-hydrogen) atoms. The van der Waals surface area contributed by atoms with E-state index < -0.39 is 0 Å². The highest BCUT2D eigenvalue weighted by atomic mass is 16.5. The van der Waals surface area contributed by atoms with Gasteiger partial charge < -0.3 is 15.4 Å². The molecule has 3 aromatic rings. The van der Waals surface area contributed by atoms with Crippen LogP contribution in [0.15, 0.2) is 60.9 Å². The molecule has 2 aromatic carbocycles. The number of nitrogens with one attached hydrogen (secondary N) is 2. The smallest absolute Gasteiger partial charge is 0.271 e. The predicted octanol–water partition coefficient (Wildman–Crippen LogP) is 3.07. The second-order valence-electron chi connectivity index (χ2n) is 5.96. The molecule has 0 aliphatic heterocycles. The maximum Gasteiger partial charge on any atom is 0.271 e. The third kappa shape index (κ3) is 5.05. The molecule has 1 heterocycles. The highest BCUT2D eigenvalue weighted by Gasteiger charge is 2.08. The van der Waals surface area contributed by atoms with Crippen molar-refractivity contribution in [3.63, 3.8) is 0 Å². The van der Waals surface area contributed by atoms with Crippen LogP contribution in [0.2, 0.25) is 0 Å². The Morgan fingerprint density at radius 2 is 2.00 bits per heavy atom. The SMILES string of the molecule is COc1cccc(CCNC(=O)c2cnc(Nc3cccc(C#N)c3)cn2)c1. The van der Waals surface area contributed by atoms with E-state index in [2.05, 4.69) is 26.7 Å². The fraction of sp³-hybridized carbons (Fsp3) is 0.143. The topological polar surface area (TPSA) is 99.9 Å². The minimum Gasteiger partial charge on any atom is -0.497 e. The molecule has 7 heteroatoms. The molecule has 1 aromatic heterocycles. The molecule has 0 unspecified atom stereocenters. The number of nitrogens with zero attached hydrogens (tertiary/aromatic N) is 3. The summed E-state index contributed by atoms with van der Waals surface area (Å²) in [6, 6.07) is 16.8. The maximum atomic E-state index is 12.2. The molecule has 0 spiro atoms. The lowest BCUT2D eigenvalue weighted by Crippen LogP contribution is -2.26. The number of nitriles is 1. The van der Waals surface area contributed by atoms with E-state index in [1.54, 1.807) is 25.3 Å². The monoisotopic (exact) mass is 373 g/mol. The van der Waals surface area contributed by atoms with Gasteiger partial charge >= 0.3 is 0 Å². The summed E-state index contributed by atoms with van der Waals surface area (Å²) in [6.45, 7) is 0.481. The van der Waals surface area contributed by atoms with Crippen molar-refractivity contribution >= 4 is 17.4 Å². The first-order valence-electron chi connectivity index (χ1n) is 8.68. The first-order valence-corrected chi connectivity index (χ1v) is 8.68. The molecule has 0 fully saturated rings. The first kappa shape index (κ1) is 18.9. The minimum absolute atomic E-state index is 0.238. The molecule has 1 amide bonds. The predicted molar refractivity (Wildman–Crippen MR) is 106 cm³/mol. The van der Waals surface area contributed by atoms with Gasteiger partial charge in [0.15, 0.2) is 0 Å². The summed E-state index contributed by atoms with van der Waals surface area (Å²) < 4.78 is 5.19. The third-order valence-electron chi connectivity index (χ3n) is 3.98. The molecule has 0 saturated heterocycles. The zero-order valence-electron chi connectivity index (χ0n) is 15.3. The van der Waals surface area contributed by atoms with Gasteiger partial charge in [-0.25, -0.2) is 9.97 Å². The number of amides is 1. The number of anilines is 2. The van der Waals surface area contributed by atoms with Gasteiger partial charge in [0.2, 0.25) is 0 Å². The Balaban J connectivity index is 1.53. The number of carbonyl (C=O) groups is 1. The molecular formula is C21H19N5O2. The van der Waals surface area contributed by atoms with Gasteiger partial charge in [-0.15, -0.1) is 0 Å². The van der Waals surface area contributed by atoms with Crippen molar-refractivity contribution in [2.45, 2.75) is 6.42 Å². The largest absolute Gasteiger partial charge is 0.497 e. The van der Waals surface area contributed by atoms with E-state index in [0.717, 1.165) is 17.0 Å². The summed E-state index contributed by atoms with van der Waals surface area (Å²) in [6.07, 6.45) is 3.58. The lowest BCUT2D eigenvalue weighted by molar-refractivity contribution is 0.0949. The standard InChI is InChI=1S/C21H19N5O2/c1-28-18-7-3-4-15(11-18)8-9-23-21(27)19-13-25-20(14-24-19)26-17-6-2-5-16(10-17)12-22/h2-7,10-11,13-14H,8-9H2,1H3,(H,23,27)(H,25,26). The third-order valence-corrected chi connectivity index (χ3v) is 3.98. The molecule has 0 aliphatic rings. The molecule has 7 nitrogen and oxygen atoms in total. The van der Waals surface area contributed by atoms with Gasteiger partial charge in [-0.1, -0.05) is 18.2 Å². The number of benzene rings is 2. The van der Waals surface area contributed by atoms with Crippen molar-refractivity contribution < 1.29 is 9.53 Å². The first-order chi connectivity index (χ1) is 13.7. The quantitative estimate of drug-likeness (QED) is 0.660. The van der Waals surface area contributed by atoms with Crippen molar-refractivity contribution in [2.75, 3.05) is 19.0 Å². The molecule has 0 saturated carbocycles. The Morgan fingerprint density at radius 3 is 2.75 bits per heavy atom. The molecule has 3 rings (SSSR count). The normalized spacial score (nSPS) is 10.0. The van der Waals surface area contributed by atoms with Crippen LogP contribution in [0, 0.1) is 11.3 Å². The second kappa shape index (κ2) is 9.14. The number of rotatable bonds is 7. The van der Waals surface area contributed by atoms with Crippen LogP contribution in [0.5, 0.6) is 5.75 Å². The number of methoxy groups -OCH3 is 1. The van der Waals surface area contributed by atoms with E-state index in [1.165, 1.54) is 12.4 Å². The van der Waals surface area contributed by atoms with Crippen molar-refractivity contribution in [1.82, 2.24) is 15.3 Å². The zero-order valence-corrected chi connectivity index (χ0v) is 15.3. The summed E-state index contributed by atoms with van der Waals surface area (Å²) >= 11 is 0. The average molecular weight is 373 g/mol.